The van der Waals surface area contributed by atoms with Crippen molar-refractivity contribution in [1.29, 1.82) is 0 Å². The topological polar surface area (TPSA) is 21.3 Å². The number of nitrogens with zero attached hydrogens (tertiary/aromatic N) is 2. The Morgan fingerprint density at radius 2 is 1.19 bits per heavy atom. The molecule has 72 heavy (non-hydrogen) atoms. The van der Waals surface area contributed by atoms with E-state index in [2.05, 4.69) is 220 Å². The summed E-state index contributed by atoms with van der Waals surface area (Å²) in [4.78, 5) is 2.76. The third-order valence-corrected chi connectivity index (χ3v) is 19.5. The Labute approximate surface area is 427 Å². The first kappa shape index (κ1) is 43.1. The van der Waals surface area contributed by atoms with Gasteiger partial charge in [0.1, 0.15) is 11.2 Å². The van der Waals surface area contributed by atoms with Crippen molar-refractivity contribution < 1.29 is 4.42 Å². The van der Waals surface area contributed by atoms with Crippen LogP contribution in [0.4, 0.5) is 11.4 Å². The van der Waals surface area contributed by atoms with E-state index >= 15 is 0 Å². The van der Waals surface area contributed by atoms with Crippen LogP contribution in [-0.4, -0.2) is 11.4 Å². The molecule has 0 saturated heterocycles. The Bertz CT molecular complexity index is 4270. The number of fused-ring (bicyclic) bond motifs is 20. The van der Waals surface area contributed by atoms with Gasteiger partial charge in [-0.05, 0) is 156 Å². The summed E-state index contributed by atoms with van der Waals surface area (Å²) in [6.45, 7) is 28.7. The zero-order valence-corrected chi connectivity index (χ0v) is 44.6. The van der Waals surface area contributed by atoms with Crippen LogP contribution in [0, 0.1) is 0 Å². The Kier molecular flexibility index (Phi) is 8.10. The number of hydrogen-bond donors (Lipinski definition) is 0. The monoisotopic (exact) mass is 952 g/mol. The predicted octanol–water partition coefficient (Wildman–Crippen LogP) is 17.5. The smallest absolute Gasteiger partial charge is 0.333 e. The minimum absolute atomic E-state index is 0.0137. The molecule has 2 aliphatic carbocycles. The van der Waals surface area contributed by atoms with Crippen molar-refractivity contribution in [3.05, 3.63) is 161 Å². The van der Waals surface area contributed by atoms with Gasteiger partial charge in [-0.2, -0.15) is 0 Å². The second kappa shape index (κ2) is 13.5. The van der Waals surface area contributed by atoms with E-state index in [1.54, 1.807) is 0 Å². The molecule has 0 radical (unpaired) electrons. The van der Waals surface area contributed by atoms with E-state index in [1.807, 2.05) is 11.3 Å². The second-order valence-corrected chi connectivity index (χ2v) is 27.0. The number of benzene rings is 8. The normalized spacial score (nSPS) is 17.1. The van der Waals surface area contributed by atoms with Crippen LogP contribution in [0.2, 0.25) is 0 Å². The summed E-state index contributed by atoms with van der Waals surface area (Å²) in [6.07, 6.45) is 2.38. The van der Waals surface area contributed by atoms with Gasteiger partial charge < -0.3 is 13.8 Å². The number of para-hydroxylation sites is 1. The minimum atomic E-state index is -0.223. The van der Waals surface area contributed by atoms with Gasteiger partial charge in [0.15, 0.2) is 0 Å². The fraction of sp³-hybridized carbons (Fsp3) is 0.284. The molecule has 0 N–H and O–H groups in total. The molecule has 0 saturated carbocycles. The summed E-state index contributed by atoms with van der Waals surface area (Å²) >= 11 is 1.91. The highest BCUT2D eigenvalue weighted by molar-refractivity contribution is 7.26. The van der Waals surface area contributed by atoms with Crippen molar-refractivity contribution in [2.75, 3.05) is 4.81 Å². The Morgan fingerprint density at radius 3 is 1.93 bits per heavy atom. The lowest BCUT2D eigenvalue weighted by atomic mass is 9.43. The molecule has 5 heterocycles. The first-order valence-electron chi connectivity index (χ1n) is 26.4. The molecule has 3 nitrogen and oxygen atoms in total. The second-order valence-electron chi connectivity index (χ2n) is 26.0. The molecule has 0 bridgehead atoms. The van der Waals surface area contributed by atoms with Crippen LogP contribution in [0.3, 0.4) is 0 Å². The van der Waals surface area contributed by atoms with Crippen molar-refractivity contribution >= 4 is 104 Å². The molecule has 15 rings (SSSR count). The number of thiophene rings is 1. The van der Waals surface area contributed by atoms with Crippen LogP contribution in [0.1, 0.15) is 129 Å². The van der Waals surface area contributed by atoms with Crippen molar-refractivity contribution in [1.82, 2.24) is 4.57 Å². The summed E-state index contributed by atoms with van der Waals surface area (Å²) in [5.74, 6) is 0. The third-order valence-electron chi connectivity index (χ3n) is 18.3. The number of rotatable bonds is 1. The van der Waals surface area contributed by atoms with Gasteiger partial charge >= 0.3 is 6.85 Å². The maximum absolute atomic E-state index is 7.37. The van der Waals surface area contributed by atoms with Gasteiger partial charge in [0, 0.05) is 64.4 Å². The van der Waals surface area contributed by atoms with E-state index in [1.165, 1.54) is 149 Å². The maximum Gasteiger partial charge on any atom is 0.333 e. The fourth-order valence-electron chi connectivity index (χ4n) is 14.2. The maximum atomic E-state index is 7.37. The molecule has 4 aliphatic rings. The van der Waals surface area contributed by atoms with E-state index in [0.717, 1.165) is 11.2 Å². The van der Waals surface area contributed by atoms with Crippen LogP contribution in [0.25, 0.3) is 91.9 Å². The molecule has 0 spiro atoms. The van der Waals surface area contributed by atoms with Crippen LogP contribution < -0.4 is 15.7 Å². The highest BCUT2D eigenvalue weighted by Crippen LogP contribution is 2.59. The molecule has 0 unspecified atom stereocenters. The minimum Gasteiger partial charge on any atom is -0.455 e. The summed E-state index contributed by atoms with van der Waals surface area (Å²) in [7, 11) is 0. The van der Waals surface area contributed by atoms with Gasteiger partial charge in [-0.15, -0.1) is 11.3 Å². The highest BCUT2D eigenvalue weighted by atomic mass is 32.1. The average molecular weight is 953 g/mol. The SMILES string of the molecule is CC(C)(C)c1ccc(N2B3c4cc5c(cc4-n4c6ccc(C(C)(C)C)cc6c6c7oc8ccccc8c7c(c3c64)-c3cc4c(cc32)C(C)(C)c2cc3c(cc2-4)C(C)(C)CCC3(C)C)sc2ccccc25)cc1. The first-order valence-corrected chi connectivity index (χ1v) is 27.2. The van der Waals surface area contributed by atoms with E-state index in [0.29, 0.717) is 0 Å². The largest absolute Gasteiger partial charge is 0.455 e. The number of furan rings is 1. The molecule has 0 fully saturated rings. The van der Waals surface area contributed by atoms with Gasteiger partial charge in [-0.1, -0.05) is 150 Å². The van der Waals surface area contributed by atoms with Crippen molar-refractivity contribution in [2.24, 2.45) is 0 Å². The summed E-state index contributed by atoms with van der Waals surface area (Å²) < 4.78 is 12.7. The zero-order chi connectivity index (χ0) is 49.5. The highest BCUT2D eigenvalue weighted by Gasteiger charge is 2.49. The quantitative estimate of drug-likeness (QED) is 0.153. The number of anilines is 2. The molecule has 8 aromatic carbocycles. The molecule has 0 amide bonds. The van der Waals surface area contributed by atoms with Crippen LogP contribution in [0.5, 0.6) is 0 Å². The first-order chi connectivity index (χ1) is 34.2. The van der Waals surface area contributed by atoms with Gasteiger partial charge in [0.25, 0.3) is 0 Å². The number of hydrogen-bond acceptors (Lipinski definition) is 3. The van der Waals surface area contributed by atoms with Gasteiger partial charge in [-0.3, -0.25) is 0 Å². The summed E-state index contributed by atoms with van der Waals surface area (Å²) in [5.41, 5.74) is 24.7. The van der Waals surface area contributed by atoms with E-state index < -0.39 is 0 Å². The van der Waals surface area contributed by atoms with Gasteiger partial charge in [0.2, 0.25) is 0 Å². The van der Waals surface area contributed by atoms with Crippen LogP contribution in [-0.2, 0) is 27.1 Å². The zero-order valence-electron chi connectivity index (χ0n) is 43.8. The third kappa shape index (κ3) is 5.43. The van der Waals surface area contributed by atoms with Crippen LogP contribution in [0.15, 0.2) is 132 Å². The Hall–Kier alpha value is -6.56. The molecule has 0 atom stereocenters. The molecule has 2 aliphatic heterocycles. The number of aromatic nitrogens is 1. The lowest BCUT2D eigenvalue weighted by Crippen LogP contribution is -2.60. The average Bonchev–Trinajstić information content (AvgIpc) is 4.07. The predicted molar refractivity (Wildman–Crippen MR) is 310 cm³/mol. The lowest BCUT2D eigenvalue weighted by molar-refractivity contribution is 0.331. The van der Waals surface area contributed by atoms with E-state index in [9.17, 15) is 0 Å². The molecular formula is C67H61BN2OS. The molecule has 5 heteroatoms. The fourth-order valence-corrected chi connectivity index (χ4v) is 15.3. The van der Waals surface area contributed by atoms with Crippen molar-refractivity contribution in [3.8, 4) is 27.9 Å². The van der Waals surface area contributed by atoms with Crippen molar-refractivity contribution in [3.63, 3.8) is 0 Å². The lowest BCUT2D eigenvalue weighted by Gasteiger charge is -2.43. The summed E-state index contributed by atoms with van der Waals surface area (Å²) in [6, 6.07) is 50.4. The molecule has 3 aromatic heterocycles. The Balaban J connectivity index is 1.16. The van der Waals surface area contributed by atoms with E-state index in [4.69, 9.17) is 4.42 Å². The van der Waals surface area contributed by atoms with Crippen LogP contribution >= 0.6 is 11.3 Å². The summed E-state index contributed by atoms with van der Waals surface area (Å²) in [5, 5.41) is 7.50. The molecule has 11 aromatic rings. The molecule has 354 valence electrons. The Morgan fingerprint density at radius 1 is 0.542 bits per heavy atom. The standard InChI is InChI=1S/C67H61BN2OS/c1-63(2,3)36-21-24-38(25-22-36)70-52-34-47-41(42-31-48-49(33-46(42)67(47,11)12)66(9,10)28-27-65(48,7)8)30-45(52)57-58-40-18-13-15-19-54(40)71-62(58)59-44-29-37(64(4,5)6)23-26-51(44)69-53-35-56-43(39-17-14-16-20-55(39)72-56)32-50(53)68(70)60(57)61(59)69/h13-26,29-35H,27-28H2,1-12H3. The molecular weight excluding hydrogens is 892 g/mol. The van der Waals surface area contributed by atoms with Gasteiger partial charge in [-0.25, -0.2) is 0 Å². The van der Waals surface area contributed by atoms with Crippen molar-refractivity contribution in [2.45, 2.75) is 123 Å². The van der Waals surface area contributed by atoms with E-state index in [-0.39, 0.29) is 33.9 Å². The van der Waals surface area contributed by atoms with Gasteiger partial charge in [0.05, 0.1) is 16.4 Å².